The molecule has 2 aromatic heterocycles. The third kappa shape index (κ3) is 5.71. The Morgan fingerprint density at radius 1 is 1.24 bits per heavy atom. The van der Waals surface area contributed by atoms with Crippen LogP contribution >= 0.6 is 0 Å². The highest BCUT2D eigenvalue weighted by molar-refractivity contribution is 5.93. The Morgan fingerprint density at radius 3 is 2.76 bits per heavy atom. The molecular formula is C22H25FN6O5. The largest absolute Gasteiger partial charge is 0.494 e. The molecule has 0 radical (unpaired) electrons. The van der Waals surface area contributed by atoms with Crippen LogP contribution in [0.15, 0.2) is 30.5 Å². The summed E-state index contributed by atoms with van der Waals surface area (Å²) in [5.74, 6) is -0.375. The molecule has 1 aliphatic rings. The van der Waals surface area contributed by atoms with E-state index in [0.29, 0.717) is 42.5 Å². The van der Waals surface area contributed by atoms with E-state index in [1.807, 2.05) is 0 Å². The summed E-state index contributed by atoms with van der Waals surface area (Å²) in [6, 6.07) is 5.91. The average molecular weight is 472 g/mol. The smallest absolute Gasteiger partial charge is 0.270 e. The fraction of sp³-hybridized carbons (Fsp3) is 0.409. The molecule has 2 N–H and O–H groups in total. The monoisotopic (exact) mass is 472 g/mol. The minimum Gasteiger partial charge on any atom is -0.494 e. The summed E-state index contributed by atoms with van der Waals surface area (Å²) < 4.78 is 31.3. The van der Waals surface area contributed by atoms with Crippen LogP contribution in [0.5, 0.6) is 5.75 Å². The van der Waals surface area contributed by atoms with Crippen LogP contribution in [0.4, 0.5) is 4.39 Å². The zero-order valence-electron chi connectivity index (χ0n) is 18.8. The van der Waals surface area contributed by atoms with Crippen molar-refractivity contribution in [3.05, 3.63) is 53.4 Å². The molecule has 1 saturated heterocycles. The van der Waals surface area contributed by atoms with Crippen molar-refractivity contribution in [3.63, 3.8) is 0 Å². The third-order valence-electron chi connectivity index (χ3n) is 5.17. The van der Waals surface area contributed by atoms with Crippen molar-refractivity contribution in [2.75, 3.05) is 26.9 Å². The zero-order valence-corrected chi connectivity index (χ0v) is 18.8. The van der Waals surface area contributed by atoms with Crippen LogP contribution in [0.1, 0.15) is 21.9 Å². The number of carbonyl (C=O) groups is 1. The Morgan fingerprint density at radius 2 is 2.03 bits per heavy atom. The van der Waals surface area contributed by atoms with Crippen molar-refractivity contribution < 1.29 is 28.5 Å². The Labute approximate surface area is 194 Å². The number of hydrogen-bond donors (Lipinski definition) is 2. The summed E-state index contributed by atoms with van der Waals surface area (Å²) in [7, 11) is 1.38. The summed E-state index contributed by atoms with van der Waals surface area (Å²) in [5.41, 5.74) is 1.78. The molecule has 4 rings (SSSR count). The molecule has 1 fully saturated rings. The van der Waals surface area contributed by atoms with E-state index in [1.165, 1.54) is 25.3 Å². The first kappa shape index (κ1) is 23.7. The fourth-order valence-corrected chi connectivity index (χ4v) is 3.41. The maximum absolute atomic E-state index is 13.6. The lowest BCUT2D eigenvalue weighted by Crippen LogP contribution is -2.39. The number of amides is 1. The highest BCUT2D eigenvalue weighted by Gasteiger charge is 2.23. The molecule has 1 amide bonds. The summed E-state index contributed by atoms with van der Waals surface area (Å²) in [6.07, 6.45) is 1.19. The molecule has 3 aromatic rings. The lowest BCUT2D eigenvalue weighted by molar-refractivity contribution is -0.149. The Balaban J connectivity index is 1.41. The van der Waals surface area contributed by atoms with Crippen molar-refractivity contribution in [3.8, 4) is 17.1 Å². The second kappa shape index (κ2) is 10.6. The number of nitrogens with one attached hydrogen (secondary N) is 1. The molecule has 180 valence electrons. The quantitative estimate of drug-likeness (QED) is 0.490. The number of carbonyl (C=O) groups excluding carboxylic acids is 1. The van der Waals surface area contributed by atoms with Crippen molar-refractivity contribution in [1.82, 2.24) is 30.3 Å². The van der Waals surface area contributed by atoms with Crippen LogP contribution in [0.3, 0.4) is 0 Å². The van der Waals surface area contributed by atoms with E-state index in [1.54, 1.807) is 23.9 Å². The second-order valence-corrected chi connectivity index (χ2v) is 7.76. The first-order valence-corrected chi connectivity index (χ1v) is 10.7. The van der Waals surface area contributed by atoms with E-state index >= 15 is 0 Å². The number of aryl methyl sites for hydroxylation is 1. The average Bonchev–Trinajstić information content (AvgIpc) is 3.32. The number of aliphatic hydroxyl groups excluding tert-OH is 1. The van der Waals surface area contributed by atoms with E-state index in [2.05, 4.69) is 25.6 Å². The van der Waals surface area contributed by atoms with Crippen LogP contribution in [-0.4, -0.2) is 75.1 Å². The highest BCUT2D eigenvalue weighted by Crippen LogP contribution is 2.19. The highest BCUT2D eigenvalue weighted by atomic mass is 19.1. The minimum absolute atomic E-state index is 0.0821. The zero-order chi connectivity index (χ0) is 24.1. The number of nitrogens with zero attached hydrogens (tertiary/aromatic N) is 5. The molecule has 12 heteroatoms. The van der Waals surface area contributed by atoms with Gasteiger partial charge < -0.3 is 24.6 Å². The minimum atomic E-state index is -0.474. The number of rotatable bonds is 8. The van der Waals surface area contributed by atoms with Crippen molar-refractivity contribution in [1.29, 1.82) is 0 Å². The Bertz CT molecular complexity index is 1150. The predicted molar refractivity (Wildman–Crippen MR) is 116 cm³/mol. The number of aromatic nitrogens is 5. The van der Waals surface area contributed by atoms with Gasteiger partial charge in [0.25, 0.3) is 5.91 Å². The lowest BCUT2D eigenvalue weighted by atomic mass is 10.2. The first-order chi connectivity index (χ1) is 16.4. The fourth-order valence-electron chi connectivity index (χ4n) is 3.41. The van der Waals surface area contributed by atoms with Gasteiger partial charge in [0.15, 0.2) is 11.6 Å². The van der Waals surface area contributed by atoms with Gasteiger partial charge >= 0.3 is 0 Å². The summed E-state index contributed by atoms with van der Waals surface area (Å²) in [4.78, 5) is 21.3. The summed E-state index contributed by atoms with van der Waals surface area (Å²) in [5, 5.41) is 20.1. The van der Waals surface area contributed by atoms with Crippen LogP contribution in [0.2, 0.25) is 0 Å². The van der Waals surface area contributed by atoms with Gasteiger partial charge in [0, 0.05) is 6.54 Å². The number of methoxy groups -OCH3 is 1. The van der Waals surface area contributed by atoms with Gasteiger partial charge in [0.1, 0.15) is 29.4 Å². The summed E-state index contributed by atoms with van der Waals surface area (Å²) >= 11 is 0. The molecule has 34 heavy (non-hydrogen) atoms. The van der Waals surface area contributed by atoms with Crippen LogP contribution < -0.4 is 10.1 Å². The first-order valence-electron chi connectivity index (χ1n) is 10.7. The molecule has 3 heterocycles. The van der Waals surface area contributed by atoms with E-state index in [-0.39, 0.29) is 36.8 Å². The van der Waals surface area contributed by atoms with Crippen LogP contribution in [0, 0.1) is 12.7 Å². The summed E-state index contributed by atoms with van der Waals surface area (Å²) in [6.45, 7) is 2.85. The Kier molecular flexibility index (Phi) is 7.40. The topological polar surface area (TPSA) is 134 Å². The number of ether oxygens (including phenoxy) is 3. The molecular weight excluding hydrogens is 447 g/mol. The van der Waals surface area contributed by atoms with Crippen LogP contribution in [0.25, 0.3) is 11.4 Å². The van der Waals surface area contributed by atoms with E-state index < -0.39 is 11.7 Å². The molecule has 0 saturated carbocycles. The Hall–Kier alpha value is -3.48. The molecule has 0 spiro atoms. The van der Waals surface area contributed by atoms with Gasteiger partial charge in [-0.3, -0.25) is 4.79 Å². The number of halogens is 1. The maximum atomic E-state index is 13.6. The maximum Gasteiger partial charge on any atom is 0.270 e. The molecule has 2 atom stereocenters. The van der Waals surface area contributed by atoms with E-state index in [9.17, 15) is 9.18 Å². The normalized spacial score (nSPS) is 18.0. The van der Waals surface area contributed by atoms with Gasteiger partial charge in [-0.25, -0.2) is 19.0 Å². The molecule has 0 aliphatic carbocycles. The molecule has 1 aliphatic heterocycles. The van der Waals surface area contributed by atoms with Gasteiger partial charge in [-0.15, -0.1) is 5.10 Å². The molecule has 1 aromatic carbocycles. The number of aliphatic hydroxyl groups is 1. The van der Waals surface area contributed by atoms with Crippen molar-refractivity contribution >= 4 is 5.91 Å². The predicted octanol–water partition coefficient (Wildman–Crippen LogP) is 0.898. The van der Waals surface area contributed by atoms with Crippen LogP contribution in [-0.2, 0) is 22.6 Å². The van der Waals surface area contributed by atoms with Gasteiger partial charge in [-0.2, -0.15) is 0 Å². The van der Waals surface area contributed by atoms with Gasteiger partial charge in [-0.1, -0.05) is 11.3 Å². The van der Waals surface area contributed by atoms with Gasteiger partial charge in [0.05, 0.1) is 45.4 Å². The van der Waals surface area contributed by atoms with Crippen molar-refractivity contribution in [2.45, 2.75) is 32.2 Å². The standard InChI is InChI=1S/C22H25FN6O5/c1-13-25-18(20-9-29(28-27-20)8-15-11-34-16(10-30)12-33-15)6-19(26-13)22(31)24-7-14-3-4-17(23)21(5-14)32-2/h3-6,9,15-16,30H,7-8,10-12H2,1-2H3,(H,24,31)/t15-,16+/m0/s1. The number of hydrogen-bond acceptors (Lipinski definition) is 9. The second-order valence-electron chi connectivity index (χ2n) is 7.76. The van der Waals surface area contributed by atoms with E-state index in [4.69, 9.17) is 19.3 Å². The van der Waals surface area contributed by atoms with Crippen molar-refractivity contribution in [2.24, 2.45) is 0 Å². The molecule has 0 unspecified atom stereocenters. The van der Waals surface area contributed by atoms with Gasteiger partial charge in [0.2, 0.25) is 0 Å². The molecule has 11 nitrogen and oxygen atoms in total. The SMILES string of the molecule is COc1cc(CNC(=O)c2cc(-c3cn(C[C@H]4CO[C@H](CO)CO4)nn3)nc(C)n2)ccc1F. The third-order valence-corrected chi connectivity index (χ3v) is 5.17. The molecule has 0 bridgehead atoms. The lowest BCUT2D eigenvalue weighted by Gasteiger charge is -2.28. The van der Waals surface area contributed by atoms with Gasteiger partial charge in [-0.05, 0) is 30.7 Å². The number of benzene rings is 1. The van der Waals surface area contributed by atoms with E-state index in [0.717, 1.165) is 0 Å².